The lowest BCUT2D eigenvalue weighted by Gasteiger charge is -2.25. The van der Waals surface area contributed by atoms with Gasteiger partial charge in [0.2, 0.25) is 0 Å². The van der Waals surface area contributed by atoms with Crippen LogP contribution in [0.5, 0.6) is 0 Å². The Kier molecular flexibility index (Phi) is 2.48. The lowest BCUT2D eigenvalue weighted by atomic mass is 9.76. The molecule has 2 bridgehead atoms. The molecule has 17 heavy (non-hydrogen) atoms. The maximum atomic E-state index is 12.5. The fourth-order valence-electron chi connectivity index (χ4n) is 3.65. The maximum Gasteiger partial charge on any atom is 0.167 e. The van der Waals surface area contributed by atoms with E-state index >= 15 is 0 Å². The van der Waals surface area contributed by atoms with Crippen molar-refractivity contribution in [3.05, 3.63) is 35.9 Å². The highest BCUT2D eigenvalue weighted by molar-refractivity contribution is 5.98. The minimum atomic E-state index is -0.0406. The quantitative estimate of drug-likeness (QED) is 0.726. The fraction of sp³-hybridized carbons (Fsp3) is 0.467. The first-order valence-electron chi connectivity index (χ1n) is 6.30. The number of fused-ring (bicyclic) bond motifs is 2. The van der Waals surface area contributed by atoms with Crippen LogP contribution in [-0.4, -0.2) is 5.78 Å². The molecule has 0 spiro atoms. The standard InChI is InChI=1S/C15H15NO/c16-9-13-11-6-7-12(8-11)14(13)15(17)10-4-2-1-3-5-10/h1-5,11-14H,6-8H2/t11-,12-,13+,14+/m0/s1. The lowest BCUT2D eigenvalue weighted by molar-refractivity contribution is 0.0842. The summed E-state index contributed by atoms with van der Waals surface area (Å²) in [4.78, 5) is 12.5. The molecule has 86 valence electrons. The van der Waals surface area contributed by atoms with Crippen molar-refractivity contribution in [2.24, 2.45) is 23.7 Å². The number of hydrogen-bond donors (Lipinski definition) is 0. The number of nitrogens with zero attached hydrogens (tertiary/aromatic N) is 1. The van der Waals surface area contributed by atoms with Gasteiger partial charge in [-0.05, 0) is 31.1 Å². The summed E-state index contributed by atoms with van der Waals surface area (Å²) in [6.07, 6.45) is 3.36. The molecule has 0 saturated heterocycles. The van der Waals surface area contributed by atoms with Gasteiger partial charge in [0.25, 0.3) is 0 Å². The van der Waals surface area contributed by atoms with Gasteiger partial charge in [0.05, 0.1) is 12.0 Å². The zero-order valence-electron chi connectivity index (χ0n) is 9.67. The van der Waals surface area contributed by atoms with Crippen molar-refractivity contribution in [2.75, 3.05) is 0 Å². The highest BCUT2D eigenvalue weighted by Crippen LogP contribution is 2.52. The topological polar surface area (TPSA) is 40.9 Å². The molecular weight excluding hydrogens is 210 g/mol. The van der Waals surface area contributed by atoms with Gasteiger partial charge in [-0.15, -0.1) is 0 Å². The fourth-order valence-corrected chi connectivity index (χ4v) is 3.65. The van der Waals surface area contributed by atoms with E-state index < -0.39 is 0 Å². The van der Waals surface area contributed by atoms with E-state index in [9.17, 15) is 10.1 Å². The van der Waals surface area contributed by atoms with Crippen LogP contribution >= 0.6 is 0 Å². The molecule has 0 heterocycles. The predicted molar refractivity (Wildman–Crippen MR) is 64.2 cm³/mol. The zero-order valence-corrected chi connectivity index (χ0v) is 9.67. The Hall–Kier alpha value is -1.62. The van der Waals surface area contributed by atoms with Gasteiger partial charge >= 0.3 is 0 Å². The molecular formula is C15H15NO. The molecule has 0 radical (unpaired) electrons. The number of nitriles is 1. The number of carbonyl (C=O) groups excluding carboxylic acids is 1. The molecule has 1 aromatic carbocycles. The van der Waals surface area contributed by atoms with Gasteiger partial charge < -0.3 is 0 Å². The van der Waals surface area contributed by atoms with Crippen LogP contribution in [0.4, 0.5) is 0 Å². The number of rotatable bonds is 2. The summed E-state index contributed by atoms with van der Waals surface area (Å²) in [5.41, 5.74) is 0.769. The average Bonchev–Trinajstić information content (AvgIpc) is 2.98. The number of ketones is 1. The second kappa shape index (κ2) is 4.00. The molecule has 2 saturated carbocycles. The molecule has 3 rings (SSSR count). The van der Waals surface area contributed by atoms with E-state index in [1.165, 1.54) is 0 Å². The van der Waals surface area contributed by atoms with E-state index in [4.69, 9.17) is 0 Å². The highest BCUT2D eigenvalue weighted by atomic mass is 16.1. The second-order valence-electron chi connectivity index (χ2n) is 5.24. The molecule has 0 aliphatic heterocycles. The van der Waals surface area contributed by atoms with Crippen molar-refractivity contribution in [1.29, 1.82) is 5.26 Å². The van der Waals surface area contributed by atoms with E-state index in [1.54, 1.807) is 0 Å². The van der Waals surface area contributed by atoms with Crippen LogP contribution in [-0.2, 0) is 0 Å². The Morgan fingerprint density at radius 1 is 1.18 bits per heavy atom. The average molecular weight is 225 g/mol. The molecule has 0 N–H and O–H groups in total. The van der Waals surface area contributed by atoms with E-state index in [2.05, 4.69) is 6.07 Å². The Labute approximate surface area is 101 Å². The van der Waals surface area contributed by atoms with Crippen molar-refractivity contribution >= 4 is 5.78 Å². The summed E-state index contributed by atoms with van der Waals surface area (Å²) >= 11 is 0. The Morgan fingerprint density at radius 2 is 1.88 bits per heavy atom. The molecule has 4 atom stereocenters. The summed E-state index contributed by atoms with van der Waals surface area (Å²) in [5.74, 6) is 1.03. The van der Waals surface area contributed by atoms with E-state index in [0.717, 1.165) is 24.8 Å². The van der Waals surface area contributed by atoms with Crippen molar-refractivity contribution in [1.82, 2.24) is 0 Å². The third kappa shape index (κ3) is 1.58. The summed E-state index contributed by atoms with van der Waals surface area (Å²) < 4.78 is 0. The lowest BCUT2D eigenvalue weighted by Crippen LogP contribution is -2.28. The molecule has 2 fully saturated rings. The van der Waals surface area contributed by atoms with Gasteiger partial charge in [0.15, 0.2) is 5.78 Å². The molecule has 1 aromatic rings. The third-order valence-electron chi connectivity index (χ3n) is 4.43. The molecule has 0 aromatic heterocycles. The molecule has 0 unspecified atom stereocenters. The first-order chi connectivity index (χ1) is 8.31. The molecule has 2 aliphatic rings. The van der Waals surface area contributed by atoms with Gasteiger partial charge in [0.1, 0.15) is 0 Å². The minimum absolute atomic E-state index is 0.0403. The smallest absolute Gasteiger partial charge is 0.167 e. The highest BCUT2D eigenvalue weighted by Gasteiger charge is 2.50. The van der Waals surface area contributed by atoms with Gasteiger partial charge in [-0.25, -0.2) is 0 Å². The van der Waals surface area contributed by atoms with Crippen LogP contribution in [0.25, 0.3) is 0 Å². The van der Waals surface area contributed by atoms with Crippen LogP contribution < -0.4 is 0 Å². The SMILES string of the molecule is N#C[C@@H]1[C@H]2CC[C@@H](C2)[C@H]1C(=O)c1ccccc1. The third-order valence-corrected chi connectivity index (χ3v) is 4.43. The Balaban J connectivity index is 1.90. The van der Waals surface area contributed by atoms with Crippen molar-refractivity contribution in [3.8, 4) is 6.07 Å². The zero-order chi connectivity index (χ0) is 11.8. The van der Waals surface area contributed by atoms with Crippen molar-refractivity contribution in [2.45, 2.75) is 19.3 Å². The Morgan fingerprint density at radius 3 is 2.59 bits per heavy atom. The van der Waals surface area contributed by atoms with Gasteiger partial charge in [-0.2, -0.15) is 5.26 Å². The molecule has 2 nitrogen and oxygen atoms in total. The van der Waals surface area contributed by atoms with Crippen LogP contribution in [0.2, 0.25) is 0 Å². The molecule has 2 heteroatoms. The number of benzene rings is 1. The summed E-state index contributed by atoms with van der Waals surface area (Å²) in [6, 6.07) is 11.8. The van der Waals surface area contributed by atoms with Gasteiger partial charge in [0, 0.05) is 11.5 Å². The second-order valence-corrected chi connectivity index (χ2v) is 5.24. The normalized spacial score (nSPS) is 34.5. The predicted octanol–water partition coefficient (Wildman–Crippen LogP) is 3.06. The number of hydrogen-bond acceptors (Lipinski definition) is 2. The van der Waals surface area contributed by atoms with Crippen molar-refractivity contribution < 1.29 is 4.79 Å². The van der Waals surface area contributed by atoms with Crippen LogP contribution in [0.1, 0.15) is 29.6 Å². The van der Waals surface area contributed by atoms with Crippen LogP contribution in [0.3, 0.4) is 0 Å². The number of carbonyl (C=O) groups is 1. The molecule has 0 amide bonds. The summed E-state index contributed by atoms with van der Waals surface area (Å²) in [5, 5.41) is 9.25. The van der Waals surface area contributed by atoms with Crippen LogP contribution in [0.15, 0.2) is 30.3 Å². The summed E-state index contributed by atoms with van der Waals surface area (Å²) in [7, 11) is 0. The van der Waals surface area contributed by atoms with Crippen molar-refractivity contribution in [3.63, 3.8) is 0 Å². The first kappa shape index (κ1) is 10.5. The summed E-state index contributed by atoms with van der Waals surface area (Å²) in [6.45, 7) is 0. The first-order valence-corrected chi connectivity index (χ1v) is 6.30. The van der Waals surface area contributed by atoms with Gasteiger partial charge in [-0.1, -0.05) is 30.3 Å². The van der Waals surface area contributed by atoms with E-state index in [0.29, 0.717) is 11.8 Å². The minimum Gasteiger partial charge on any atom is -0.294 e. The Bertz CT molecular complexity index is 473. The monoisotopic (exact) mass is 225 g/mol. The van der Waals surface area contributed by atoms with Crippen LogP contribution in [0, 0.1) is 35.0 Å². The molecule has 2 aliphatic carbocycles. The maximum absolute atomic E-state index is 12.5. The largest absolute Gasteiger partial charge is 0.294 e. The van der Waals surface area contributed by atoms with E-state index in [-0.39, 0.29) is 17.6 Å². The van der Waals surface area contributed by atoms with Gasteiger partial charge in [-0.3, -0.25) is 4.79 Å². The number of Topliss-reactive ketones (excluding diaryl/α,β-unsaturated/α-hetero) is 1. The van der Waals surface area contributed by atoms with E-state index in [1.807, 2.05) is 30.3 Å².